The van der Waals surface area contributed by atoms with Crippen LogP contribution in [0.4, 0.5) is 5.69 Å². The minimum Gasteiger partial charge on any atom is -0.504 e. The average Bonchev–Trinajstić information content (AvgIpc) is 2.93. The highest BCUT2D eigenvalue weighted by atomic mass is 16.5. The Balaban J connectivity index is 1.91. The number of anilines is 1. The van der Waals surface area contributed by atoms with E-state index in [0.717, 1.165) is 12.2 Å². The summed E-state index contributed by atoms with van der Waals surface area (Å²) < 4.78 is 8.70. The Hall–Kier alpha value is -3.84. The van der Waals surface area contributed by atoms with Gasteiger partial charge >= 0.3 is 0 Å². The van der Waals surface area contributed by atoms with Crippen LogP contribution in [0.25, 0.3) is 0 Å². The van der Waals surface area contributed by atoms with E-state index in [0.29, 0.717) is 75.9 Å². The fourth-order valence-electron chi connectivity index (χ4n) is 4.35. The van der Waals surface area contributed by atoms with E-state index in [2.05, 4.69) is 38.7 Å². The molecule has 206 valence electrons. The van der Waals surface area contributed by atoms with Crippen molar-refractivity contribution < 1.29 is 14.6 Å². The number of aromatic nitrogens is 4. The van der Waals surface area contributed by atoms with Crippen LogP contribution >= 0.6 is 0 Å². The molecular weight excluding hydrogens is 490 g/mol. The third-order valence-corrected chi connectivity index (χ3v) is 6.29. The molecule has 13 heteroatoms. The molecule has 1 saturated heterocycles. The van der Waals surface area contributed by atoms with E-state index < -0.39 is 0 Å². The van der Waals surface area contributed by atoms with Crippen LogP contribution < -0.4 is 21.4 Å². The van der Waals surface area contributed by atoms with Crippen LogP contribution in [0.1, 0.15) is 28.8 Å². The van der Waals surface area contributed by atoms with Gasteiger partial charge in [0.15, 0.2) is 11.4 Å². The van der Waals surface area contributed by atoms with Gasteiger partial charge in [-0.05, 0) is 20.4 Å². The molecule has 3 heterocycles. The second-order valence-corrected chi connectivity index (χ2v) is 8.64. The third kappa shape index (κ3) is 6.17. The van der Waals surface area contributed by atoms with Crippen molar-refractivity contribution in [2.45, 2.75) is 26.8 Å². The van der Waals surface area contributed by atoms with E-state index in [1.807, 2.05) is 23.4 Å². The molecule has 0 spiro atoms. The summed E-state index contributed by atoms with van der Waals surface area (Å²) in [6.07, 6.45) is 3.58. The SMILES string of the molecule is C=CCn1c(CC)c(N2CCN(C(=O)c3ncnc(C)c3O)CC2)c(=O)n(N=C)c1=NCCOCCNC. The number of carbonyl (C=O) groups excluding carboxylic acids is 1. The molecule has 3 rings (SSSR count). The Labute approximate surface area is 221 Å². The number of ether oxygens (including phenoxy) is 1. The monoisotopic (exact) mass is 527 g/mol. The normalized spacial score (nSPS) is 14.1. The molecule has 0 bridgehead atoms. The van der Waals surface area contributed by atoms with E-state index >= 15 is 0 Å². The van der Waals surface area contributed by atoms with Crippen molar-refractivity contribution in [2.75, 3.05) is 64.4 Å². The zero-order valence-corrected chi connectivity index (χ0v) is 22.4. The minimum absolute atomic E-state index is 0.0249. The molecule has 0 aliphatic carbocycles. The fourth-order valence-corrected chi connectivity index (χ4v) is 4.35. The predicted molar refractivity (Wildman–Crippen MR) is 145 cm³/mol. The zero-order valence-electron chi connectivity index (χ0n) is 22.4. The maximum Gasteiger partial charge on any atom is 0.299 e. The van der Waals surface area contributed by atoms with Crippen molar-refractivity contribution in [1.82, 2.24) is 29.4 Å². The summed E-state index contributed by atoms with van der Waals surface area (Å²) in [5.41, 5.74) is 1.67. The van der Waals surface area contributed by atoms with Gasteiger partial charge in [0.05, 0.1) is 31.1 Å². The van der Waals surface area contributed by atoms with Crippen molar-refractivity contribution in [2.24, 2.45) is 10.1 Å². The minimum atomic E-state index is -0.374. The van der Waals surface area contributed by atoms with Crippen LogP contribution in [0.3, 0.4) is 0 Å². The van der Waals surface area contributed by atoms with Gasteiger partial charge in [0.25, 0.3) is 11.5 Å². The van der Waals surface area contributed by atoms with Crippen molar-refractivity contribution in [3.05, 3.63) is 52.0 Å². The number of piperazine rings is 1. The van der Waals surface area contributed by atoms with Crippen LogP contribution in [-0.2, 0) is 17.7 Å². The number of hydrogen-bond acceptors (Lipinski definition) is 10. The van der Waals surface area contributed by atoms with Gasteiger partial charge < -0.3 is 29.5 Å². The maximum absolute atomic E-state index is 13.7. The fraction of sp³-hybridized carbons (Fsp3) is 0.520. The van der Waals surface area contributed by atoms with E-state index in [-0.39, 0.29) is 22.9 Å². The molecular formula is C25H37N9O4. The molecule has 0 aromatic carbocycles. The number of hydrogen-bond donors (Lipinski definition) is 2. The quantitative estimate of drug-likeness (QED) is 0.219. The lowest BCUT2D eigenvalue weighted by atomic mass is 10.2. The molecule has 0 saturated carbocycles. The topological polar surface area (TPSA) is 142 Å². The van der Waals surface area contributed by atoms with Gasteiger partial charge in [0, 0.05) is 46.0 Å². The van der Waals surface area contributed by atoms with Gasteiger partial charge in [-0.25, -0.2) is 15.0 Å². The van der Waals surface area contributed by atoms with Crippen LogP contribution in [0.2, 0.25) is 0 Å². The summed E-state index contributed by atoms with van der Waals surface area (Å²) in [5.74, 6) is -0.591. The summed E-state index contributed by atoms with van der Waals surface area (Å²) in [6, 6.07) is 0. The first-order chi connectivity index (χ1) is 18.4. The molecule has 0 radical (unpaired) electrons. The lowest BCUT2D eigenvalue weighted by Gasteiger charge is -2.37. The molecule has 0 unspecified atom stereocenters. The average molecular weight is 528 g/mol. The smallest absolute Gasteiger partial charge is 0.299 e. The highest BCUT2D eigenvalue weighted by molar-refractivity contribution is 5.95. The Morgan fingerprint density at radius 2 is 2.00 bits per heavy atom. The van der Waals surface area contributed by atoms with Gasteiger partial charge in [-0.1, -0.05) is 13.0 Å². The predicted octanol–water partition coefficient (Wildman–Crippen LogP) is -0.235. The van der Waals surface area contributed by atoms with Gasteiger partial charge in [-0.15, -0.1) is 6.58 Å². The number of nitrogens with one attached hydrogen (secondary N) is 1. The first-order valence-corrected chi connectivity index (χ1v) is 12.6. The van der Waals surface area contributed by atoms with Gasteiger partial charge in [0.1, 0.15) is 12.0 Å². The zero-order chi connectivity index (χ0) is 27.7. The summed E-state index contributed by atoms with van der Waals surface area (Å²) in [7, 11) is 1.86. The standard InChI is InChI=1S/C25H37N9O4/c1-6-10-33-19(7-2)21(24(37)34(27-5)25(33)28-9-16-38-15-8-26-4)31-11-13-32(14-12-31)23(36)20-22(35)18(3)29-17-30-20/h6,17,26,35H,1,5,7-16H2,2-4H3. The highest BCUT2D eigenvalue weighted by Gasteiger charge is 2.29. The summed E-state index contributed by atoms with van der Waals surface area (Å²) in [5, 5.41) is 17.3. The van der Waals surface area contributed by atoms with Gasteiger partial charge in [-0.2, -0.15) is 9.78 Å². The number of rotatable bonds is 12. The Morgan fingerprint density at radius 1 is 1.26 bits per heavy atom. The second-order valence-electron chi connectivity index (χ2n) is 8.64. The van der Waals surface area contributed by atoms with Crippen LogP contribution in [0.15, 0.2) is 33.9 Å². The van der Waals surface area contributed by atoms with Crippen LogP contribution in [-0.4, -0.2) is 101 Å². The second kappa shape index (κ2) is 13.6. The Bertz CT molecular complexity index is 1280. The van der Waals surface area contributed by atoms with Crippen LogP contribution in [0.5, 0.6) is 5.75 Å². The summed E-state index contributed by atoms with van der Waals surface area (Å²) in [6.45, 7) is 15.1. The number of likely N-dealkylation sites (N-methyl/N-ethyl adjacent to an activating group) is 1. The molecule has 1 aliphatic rings. The molecule has 1 aliphatic heterocycles. The number of aryl methyl sites for hydroxylation is 1. The van der Waals surface area contributed by atoms with E-state index in [4.69, 9.17) is 4.74 Å². The van der Waals surface area contributed by atoms with Crippen LogP contribution in [0, 0.1) is 6.92 Å². The molecule has 1 amide bonds. The summed E-state index contributed by atoms with van der Waals surface area (Å²) >= 11 is 0. The highest BCUT2D eigenvalue weighted by Crippen LogP contribution is 2.22. The number of nitrogens with zero attached hydrogens (tertiary/aromatic N) is 8. The van der Waals surface area contributed by atoms with E-state index in [1.54, 1.807) is 17.9 Å². The van der Waals surface area contributed by atoms with E-state index in [9.17, 15) is 14.7 Å². The Morgan fingerprint density at radius 3 is 2.63 bits per heavy atom. The van der Waals surface area contributed by atoms with Crippen molar-refractivity contribution >= 4 is 18.3 Å². The molecule has 2 aromatic heterocycles. The number of allylic oxidation sites excluding steroid dienone is 1. The molecule has 0 atom stereocenters. The molecule has 38 heavy (non-hydrogen) atoms. The van der Waals surface area contributed by atoms with Gasteiger partial charge in [-0.3, -0.25) is 9.59 Å². The first kappa shape index (κ1) is 28.7. The Kier molecular flexibility index (Phi) is 10.3. The summed E-state index contributed by atoms with van der Waals surface area (Å²) in [4.78, 5) is 42.7. The lowest BCUT2D eigenvalue weighted by Crippen LogP contribution is -2.52. The molecule has 2 N–H and O–H groups in total. The van der Waals surface area contributed by atoms with Gasteiger partial charge in [0.2, 0.25) is 5.62 Å². The maximum atomic E-state index is 13.7. The van der Waals surface area contributed by atoms with Crippen molar-refractivity contribution in [3.8, 4) is 5.75 Å². The third-order valence-electron chi connectivity index (χ3n) is 6.29. The number of aromatic hydroxyl groups is 1. The number of carbonyl (C=O) groups is 1. The molecule has 13 nitrogen and oxygen atoms in total. The van der Waals surface area contributed by atoms with E-state index in [1.165, 1.54) is 11.0 Å². The van der Waals surface area contributed by atoms with Crippen molar-refractivity contribution in [3.63, 3.8) is 0 Å². The molecule has 2 aromatic rings. The number of amides is 1. The lowest BCUT2D eigenvalue weighted by molar-refractivity contribution is 0.0736. The van der Waals surface area contributed by atoms with Crippen molar-refractivity contribution in [1.29, 1.82) is 0 Å². The molecule has 1 fully saturated rings. The largest absolute Gasteiger partial charge is 0.504 e. The first-order valence-electron chi connectivity index (χ1n) is 12.6.